The molecule has 88 valence electrons. The maximum absolute atomic E-state index is 11.6. The van der Waals surface area contributed by atoms with Crippen molar-refractivity contribution in [2.45, 2.75) is 19.8 Å². The largest absolute Gasteiger partial charge is 0.385 e. The van der Waals surface area contributed by atoms with E-state index in [1.54, 1.807) is 13.2 Å². The summed E-state index contributed by atoms with van der Waals surface area (Å²) >= 11 is 1.43. The van der Waals surface area contributed by atoms with Gasteiger partial charge in [-0.3, -0.25) is 10.2 Å². The highest BCUT2D eigenvalue weighted by Gasteiger charge is 2.09. The number of hydrogen-bond acceptors (Lipinski definition) is 4. The molecule has 5 heteroatoms. The number of methoxy groups -OCH3 is 1. The topological polar surface area (TPSA) is 62.2 Å². The van der Waals surface area contributed by atoms with Crippen LogP contribution in [0.25, 0.3) is 0 Å². The van der Waals surface area contributed by atoms with Gasteiger partial charge in [0.15, 0.2) is 0 Å². The normalized spacial score (nSPS) is 10.1. The van der Waals surface area contributed by atoms with Crippen LogP contribution in [0.5, 0.6) is 0 Å². The van der Waals surface area contributed by atoms with Crippen LogP contribution >= 0.6 is 11.3 Å². The van der Waals surface area contributed by atoms with E-state index in [1.165, 1.54) is 11.3 Å². The highest BCUT2D eigenvalue weighted by molar-refractivity contribution is 7.14. The number of ether oxygens (including phenoxy) is 1. The minimum atomic E-state index is -0.194. The zero-order valence-electron chi connectivity index (χ0n) is 9.50. The van der Waals surface area contributed by atoms with E-state index in [-0.39, 0.29) is 11.7 Å². The molecule has 1 amide bonds. The Kier molecular flexibility index (Phi) is 5.14. The fourth-order valence-electron chi connectivity index (χ4n) is 1.21. The molecule has 4 nitrogen and oxygen atoms in total. The Bertz CT molecular complexity index is 374. The number of carbonyl (C=O) groups is 1. The molecule has 1 aromatic rings. The Morgan fingerprint density at radius 2 is 2.31 bits per heavy atom. The van der Waals surface area contributed by atoms with Gasteiger partial charge < -0.3 is 10.1 Å². The first-order chi connectivity index (χ1) is 7.63. The smallest absolute Gasteiger partial charge is 0.266 e. The lowest BCUT2D eigenvalue weighted by molar-refractivity contribution is 0.0979. The van der Waals surface area contributed by atoms with Gasteiger partial charge in [-0.25, -0.2) is 0 Å². The summed E-state index contributed by atoms with van der Waals surface area (Å²) in [4.78, 5) is 13.4. The first-order valence-corrected chi connectivity index (χ1v) is 5.89. The van der Waals surface area contributed by atoms with Crippen molar-refractivity contribution in [2.75, 3.05) is 13.7 Å². The van der Waals surface area contributed by atoms with Gasteiger partial charge in [0.05, 0.1) is 4.88 Å². The van der Waals surface area contributed by atoms with Crippen LogP contribution in [-0.4, -0.2) is 25.5 Å². The zero-order chi connectivity index (χ0) is 12.0. The highest BCUT2D eigenvalue weighted by atomic mass is 32.1. The van der Waals surface area contributed by atoms with E-state index in [2.05, 4.69) is 5.32 Å². The van der Waals surface area contributed by atoms with Gasteiger partial charge >= 0.3 is 0 Å². The van der Waals surface area contributed by atoms with Gasteiger partial charge in [-0.2, -0.15) is 0 Å². The fraction of sp³-hybridized carbons (Fsp3) is 0.455. The predicted molar refractivity (Wildman–Crippen MR) is 65.4 cm³/mol. The standard InChI is InChI=1S/C11H16N2O2S/c1-8-5-6-9(16-8)11(14)13-10(12)4-3-7-15-2/h5-6H,3-4,7H2,1-2H3,(H2,12,13,14). The number of aryl methyl sites for hydroxylation is 1. The molecule has 0 aliphatic heterocycles. The van der Waals surface area contributed by atoms with E-state index in [0.717, 1.165) is 11.3 Å². The summed E-state index contributed by atoms with van der Waals surface area (Å²) in [6, 6.07) is 3.67. The first-order valence-electron chi connectivity index (χ1n) is 5.07. The van der Waals surface area contributed by atoms with E-state index in [0.29, 0.717) is 17.9 Å². The second kappa shape index (κ2) is 6.40. The third-order valence-corrected chi connectivity index (χ3v) is 3.00. The Morgan fingerprint density at radius 1 is 1.56 bits per heavy atom. The molecule has 0 bridgehead atoms. The Morgan fingerprint density at radius 3 is 2.88 bits per heavy atom. The second-order valence-corrected chi connectivity index (χ2v) is 4.73. The average molecular weight is 240 g/mol. The molecule has 1 rings (SSSR count). The van der Waals surface area contributed by atoms with Crippen molar-refractivity contribution < 1.29 is 9.53 Å². The Labute approximate surface area is 99.1 Å². The van der Waals surface area contributed by atoms with Gasteiger partial charge in [-0.1, -0.05) is 0 Å². The van der Waals surface area contributed by atoms with E-state index < -0.39 is 0 Å². The van der Waals surface area contributed by atoms with Crippen LogP contribution in [0, 0.1) is 12.3 Å². The van der Waals surface area contributed by atoms with Crippen molar-refractivity contribution in [1.29, 1.82) is 5.41 Å². The molecule has 0 saturated carbocycles. The van der Waals surface area contributed by atoms with Gasteiger partial charge in [0, 0.05) is 25.0 Å². The molecule has 0 atom stereocenters. The molecule has 0 spiro atoms. The van der Waals surface area contributed by atoms with Crippen LogP contribution in [0.15, 0.2) is 12.1 Å². The SMILES string of the molecule is COCCCC(=N)NC(=O)c1ccc(C)s1. The number of thiophene rings is 1. The maximum Gasteiger partial charge on any atom is 0.266 e. The van der Waals surface area contributed by atoms with Crippen molar-refractivity contribution in [3.8, 4) is 0 Å². The van der Waals surface area contributed by atoms with Crippen molar-refractivity contribution in [3.05, 3.63) is 21.9 Å². The summed E-state index contributed by atoms with van der Waals surface area (Å²) in [5.41, 5.74) is 0. The van der Waals surface area contributed by atoms with Crippen molar-refractivity contribution in [2.24, 2.45) is 0 Å². The van der Waals surface area contributed by atoms with E-state index in [4.69, 9.17) is 10.1 Å². The van der Waals surface area contributed by atoms with Crippen molar-refractivity contribution in [3.63, 3.8) is 0 Å². The first kappa shape index (κ1) is 12.9. The third kappa shape index (κ3) is 4.12. The molecule has 1 aromatic heterocycles. The zero-order valence-corrected chi connectivity index (χ0v) is 10.3. The van der Waals surface area contributed by atoms with Crippen LogP contribution in [0.2, 0.25) is 0 Å². The summed E-state index contributed by atoms with van der Waals surface area (Å²) in [5.74, 6) is 0.0496. The fourth-order valence-corrected chi connectivity index (χ4v) is 1.97. The number of carbonyl (C=O) groups excluding carboxylic acids is 1. The highest BCUT2D eigenvalue weighted by Crippen LogP contribution is 2.14. The predicted octanol–water partition coefficient (Wildman–Crippen LogP) is 2.19. The number of amides is 1. The van der Waals surface area contributed by atoms with Gasteiger partial charge in [-0.15, -0.1) is 11.3 Å². The summed E-state index contributed by atoms with van der Waals surface area (Å²) in [6.45, 7) is 2.56. The van der Waals surface area contributed by atoms with Gasteiger partial charge in [0.2, 0.25) is 0 Å². The third-order valence-electron chi connectivity index (χ3n) is 2.00. The second-order valence-electron chi connectivity index (χ2n) is 3.44. The summed E-state index contributed by atoms with van der Waals surface area (Å²) in [5, 5.41) is 10.1. The van der Waals surface area contributed by atoms with Crippen molar-refractivity contribution in [1.82, 2.24) is 5.32 Å². The van der Waals surface area contributed by atoms with Gasteiger partial charge in [-0.05, 0) is 25.5 Å². The number of hydrogen-bond donors (Lipinski definition) is 2. The minimum absolute atomic E-state index is 0.194. The Balaban J connectivity index is 2.37. The molecule has 0 radical (unpaired) electrons. The van der Waals surface area contributed by atoms with E-state index >= 15 is 0 Å². The molecule has 0 fully saturated rings. The molecular formula is C11H16N2O2S. The number of rotatable bonds is 5. The lowest BCUT2D eigenvalue weighted by atomic mass is 10.3. The Hall–Kier alpha value is -1.20. The van der Waals surface area contributed by atoms with Crippen LogP contribution in [0.1, 0.15) is 27.4 Å². The minimum Gasteiger partial charge on any atom is -0.385 e. The van der Waals surface area contributed by atoms with Gasteiger partial charge in [0.1, 0.15) is 5.84 Å². The molecule has 0 unspecified atom stereocenters. The summed E-state index contributed by atoms with van der Waals surface area (Å²) in [6.07, 6.45) is 1.28. The average Bonchev–Trinajstić information content (AvgIpc) is 2.65. The van der Waals surface area contributed by atoms with Crippen LogP contribution in [0.4, 0.5) is 0 Å². The molecule has 0 aliphatic carbocycles. The van der Waals surface area contributed by atoms with Crippen LogP contribution < -0.4 is 5.32 Å². The van der Waals surface area contributed by atoms with Crippen LogP contribution in [-0.2, 0) is 4.74 Å². The van der Waals surface area contributed by atoms with Gasteiger partial charge in [0.25, 0.3) is 5.91 Å². The lowest BCUT2D eigenvalue weighted by Crippen LogP contribution is -2.29. The monoisotopic (exact) mass is 240 g/mol. The molecule has 1 heterocycles. The van der Waals surface area contributed by atoms with Crippen molar-refractivity contribution >= 4 is 23.1 Å². The molecule has 0 aliphatic rings. The summed E-state index contributed by atoms with van der Waals surface area (Å²) < 4.78 is 4.88. The quantitative estimate of drug-likeness (QED) is 0.471. The molecule has 0 aromatic carbocycles. The molecule has 2 N–H and O–H groups in total. The van der Waals surface area contributed by atoms with E-state index in [9.17, 15) is 4.79 Å². The summed E-state index contributed by atoms with van der Waals surface area (Å²) in [7, 11) is 1.62. The van der Waals surface area contributed by atoms with E-state index in [1.807, 2.05) is 13.0 Å². The van der Waals surface area contributed by atoms with Crippen LogP contribution in [0.3, 0.4) is 0 Å². The maximum atomic E-state index is 11.6. The lowest BCUT2D eigenvalue weighted by Gasteiger charge is -2.04. The molecule has 0 saturated heterocycles. The number of nitrogens with one attached hydrogen (secondary N) is 2. The number of amidine groups is 1. The molecule has 16 heavy (non-hydrogen) atoms. The molecular weight excluding hydrogens is 224 g/mol.